The van der Waals surface area contributed by atoms with Gasteiger partial charge in [0, 0.05) is 19.6 Å². The van der Waals surface area contributed by atoms with Crippen molar-refractivity contribution >= 4 is 0 Å². The highest BCUT2D eigenvalue weighted by molar-refractivity contribution is 4.89. The molecular weight excluding hydrogens is 164 g/mol. The van der Waals surface area contributed by atoms with Crippen molar-refractivity contribution in [3.8, 4) is 0 Å². The topological polar surface area (TPSA) is 15.7 Å². The number of likely N-dealkylation sites (N-methyl/N-ethyl adjacent to an activating group) is 1. The summed E-state index contributed by atoms with van der Waals surface area (Å²) >= 11 is 0. The molecule has 77 valence electrons. The van der Waals surface area contributed by atoms with E-state index in [9.17, 15) is 0 Å². The van der Waals surface area contributed by atoms with E-state index in [1.165, 1.54) is 6.04 Å². The zero-order valence-corrected chi connectivity index (χ0v) is 9.05. The molecule has 0 bridgehead atoms. The first-order chi connectivity index (χ1) is 6.24. The lowest BCUT2D eigenvalue weighted by molar-refractivity contribution is 0.0354. The zero-order chi connectivity index (χ0) is 9.68. The third-order valence-corrected chi connectivity index (χ3v) is 2.55. The second kappa shape index (κ2) is 5.58. The maximum Gasteiger partial charge on any atom is 0.0594 e. The van der Waals surface area contributed by atoms with E-state index in [0.29, 0.717) is 0 Å². The molecule has 0 atom stereocenters. The summed E-state index contributed by atoms with van der Waals surface area (Å²) in [6, 6.07) is 1.50. The molecule has 0 aromatic heterocycles. The molecule has 1 rings (SSSR count). The van der Waals surface area contributed by atoms with Crippen LogP contribution in [0.1, 0.15) is 13.3 Å². The largest absolute Gasteiger partial charge is 0.379 e. The zero-order valence-electron chi connectivity index (χ0n) is 9.05. The van der Waals surface area contributed by atoms with Crippen molar-refractivity contribution in [2.24, 2.45) is 0 Å². The normalized spacial score (nSPS) is 20.1. The van der Waals surface area contributed by atoms with Crippen LogP contribution in [0.15, 0.2) is 0 Å². The van der Waals surface area contributed by atoms with Crippen LogP contribution in [0.2, 0.25) is 0 Å². The predicted octanol–water partition coefficient (Wildman–Crippen LogP) is 0.822. The van der Waals surface area contributed by atoms with Gasteiger partial charge in [0.1, 0.15) is 0 Å². The van der Waals surface area contributed by atoms with Gasteiger partial charge in [0.2, 0.25) is 0 Å². The first-order valence-electron chi connectivity index (χ1n) is 5.06. The second-order valence-electron chi connectivity index (χ2n) is 3.70. The molecule has 0 aromatic carbocycles. The van der Waals surface area contributed by atoms with E-state index in [2.05, 4.69) is 30.8 Å². The molecule has 0 aromatic rings. The van der Waals surface area contributed by atoms with Gasteiger partial charge in [-0.15, -0.1) is 0 Å². The van der Waals surface area contributed by atoms with Crippen molar-refractivity contribution in [3.05, 3.63) is 6.04 Å². The van der Waals surface area contributed by atoms with Crippen molar-refractivity contribution in [1.29, 1.82) is 0 Å². The maximum atomic E-state index is 5.31. The van der Waals surface area contributed by atoms with Gasteiger partial charge in [-0.25, -0.2) is 0 Å². The average molecular weight is 185 g/mol. The summed E-state index contributed by atoms with van der Waals surface area (Å²) in [5.74, 6) is 0. The van der Waals surface area contributed by atoms with Gasteiger partial charge in [-0.05, 0) is 20.5 Å². The molecule has 3 heteroatoms. The second-order valence-corrected chi connectivity index (χ2v) is 3.70. The molecule has 0 unspecified atom stereocenters. The highest BCUT2D eigenvalue weighted by Crippen LogP contribution is 2.11. The van der Waals surface area contributed by atoms with Crippen LogP contribution in [-0.2, 0) is 4.74 Å². The van der Waals surface area contributed by atoms with Crippen molar-refractivity contribution in [2.45, 2.75) is 13.3 Å². The summed E-state index contributed by atoms with van der Waals surface area (Å²) in [6.07, 6.45) is 1.14. The first kappa shape index (κ1) is 11.0. The Bertz CT molecular complexity index is 133. The fraction of sp³-hybridized carbons (Fsp3) is 0.900. The van der Waals surface area contributed by atoms with E-state index < -0.39 is 0 Å². The van der Waals surface area contributed by atoms with Gasteiger partial charge < -0.3 is 9.64 Å². The van der Waals surface area contributed by atoms with E-state index in [1.807, 2.05) is 0 Å². The highest BCUT2D eigenvalue weighted by Gasteiger charge is 2.17. The number of morpholine rings is 1. The van der Waals surface area contributed by atoms with Crippen LogP contribution < -0.4 is 0 Å². The molecule has 1 radical (unpaired) electrons. The lowest BCUT2D eigenvalue weighted by Gasteiger charge is -2.32. The summed E-state index contributed by atoms with van der Waals surface area (Å²) in [4.78, 5) is 4.69. The van der Waals surface area contributed by atoms with Crippen LogP contribution >= 0.6 is 0 Å². The highest BCUT2D eigenvalue weighted by atomic mass is 16.5. The molecule has 13 heavy (non-hydrogen) atoms. The summed E-state index contributed by atoms with van der Waals surface area (Å²) in [5.41, 5.74) is 0. The van der Waals surface area contributed by atoms with Crippen molar-refractivity contribution in [3.63, 3.8) is 0 Å². The molecule has 0 saturated carbocycles. The van der Waals surface area contributed by atoms with Crippen LogP contribution in [0.25, 0.3) is 0 Å². The van der Waals surface area contributed by atoms with Gasteiger partial charge in [0.05, 0.1) is 19.3 Å². The van der Waals surface area contributed by atoms with Crippen LogP contribution in [0.5, 0.6) is 0 Å². The van der Waals surface area contributed by atoms with Gasteiger partial charge in [0.15, 0.2) is 0 Å². The van der Waals surface area contributed by atoms with Crippen molar-refractivity contribution in [1.82, 2.24) is 9.80 Å². The summed E-state index contributed by atoms with van der Waals surface area (Å²) in [6.45, 7) is 7.27. The molecule has 1 aliphatic rings. The van der Waals surface area contributed by atoms with E-state index in [1.54, 1.807) is 0 Å². The third-order valence-electron chi connectivity index (χ3n) is 2.55. The van der Waals surface area contributed by atoms with Gasteiger partial charge in [-0.1, -0.05) is 6.92 Å². The lowest BCUT2D eigenvalue weighted by Crippen LogP contribution is -2.41. The summed E-state index contributed by atoms with van der Waals surface area (Å²) < 4.78 is 5.31. The predicted molar refractivity (Wildman–Crippen MR) is 54.5 cm³/mol. The number of rotatable bonds is 4. The van der Waals surface area contributed by atoms with Gasteiger partial charge in [-0.3, -0.25) is 4.90 Å². The fourth-order valence-electron chi connectivity index (χ4n) is 1.59. The molecule has 3 nitrogen and oxygen atoms in total. The molecule has 0 spiro atoms. The molecule has 1 heterocycles. The number of nitrogens with zero attached hydrogens (tertiary/aromatic N) is 2. The van der Waals surface area contributed by atoms with Crippen molar-refractivity contribution < 1.29 is 4.74 Å². The molecule has 1 saturated heterocycles. The lowest BCUT2D eigenvalue weighted by atomic mass is 10.2. The van der Waals surface area contributed by atoms with E-state index in [0.717, 1.165) is 39.3 Å². The Morgan fingerprint density at radius 2 is 1.92 bits per heavy atom. The average Bonchev–Trinajstić information content (AvgIpc) is 2.15. The Hall–Kier alpha value is -0.120. The Morgan fingerprint density at radius 3 is 2.38 bits per heavy atom. The van der Waals surface area contributed by atoms with E-state index in [-0.39, 0.29) is 0 Å². The fourth-order valence-corrected chi connectivity index (χ4v) is 1.59. The Balaban J connectivity index is 2.27. The van der Waals surface area contributed by atoms with Gasteiger partial charge in [0.25, 0.3) is 0 Å². The van der Waals surface area contributed by atoms with Crippen LogP contribution in [0, 0.1) is 6.04 Å². The van der Waals surface area contributed by atoms with Crippen LogP contribution in [-0.4, -0.2) is 56.7 Å². The summed E-state index contributed by atoms with van der Waals surface area (Å²) in [5, 5.41) is 0. The minimum Gasteiger partial charge on any atom is -0.379 e. The van der Waals surface area contributed by atoms with Crippen LogP contribution in [0.4, 0.5) is 0 Å². The monoisotopic (exact) mass is 185 g/mol. The van der Waals surface area contributed by atoms with Gasteiger partial charge in [-0.2, -0.15) is 0 Å². The number of ether oxygens (including phenoxy) is 1. The minimum absolute atomic E-state index is 0.893. The first-order valence-corrected chi connectivity index (χ1v) is 5.06. The Labute approximate surface area is 81.7 Å². The molecule has 0 N–H and O–H groups in total. The standard InChI is InChI=1S/C10H21N2O/c1-4-10(11(2)3)9-12-5-7-13-8-6-12/h4-9H2,1-3H3. The molecular formula is C10H21N2O. The number of hydrogen-bond donors (Lipinski definition) is 0. The number of hydrogen-bond acceptors (Lipinski definition) is 3. The Morgan fingerprint density at radius 1 is 1.31 bits per heavy atom. The van der Waals surface area contributed by atoms with E-state index in [4.69, 9.17) is 4.74 Å². The van der Waals surface area contributed by atoms with Crippen LogP contribution in [0.3, 0.4) is 0 Å². The SMILES string of the molecule is CC[C](CN1CCOCC1)N(C)C. The maximum absolute atomic E-state index is 5.31. The van der Waals surface area contributed by atoms with E-state index >= 15 is 0 Å². The summed E-state index contributed by atoms with van der Waals surface area (Å²) in [7, 11) is 4.25. The quantitative estimate of drug-likeness (QED) is 0.645. The third kappa shape index (κ3) is 3.63. The smallest absolute Gasteiger partial charge is 0.0594 e. The molecule has 0 amide bonds. The molecule has 0 aliphatic carbocycles. The Kier molecular flexibility index (Phi) is 4.70. The van der Waals surface area contributed by atoms with Crippen molar-refractivity contribution in [2.75, 3.05) is 46.9 Å². The van der Waals surface area contributed by atoms with Gasteiger partial charge >= 0.3 is 0 Å². The molecule has 1 aliphatic heterocycles. The molecule has 1 fully saturated rings. The minimum atomic E-state index is 0.893.